The minimum atomic E-state index is -0.777. The van der Waals surface area contributed by atoms with Gasteiger partial charge in [0.2, 0.25) is 5.91 Å². The molecule has 1 aliphatic rings. The van der Waals surface area contributed by atoms with Crippen LogP contribution in [0, 0.1) is 20.8 Å². The van der Waals surface area contributed by atoms with Crippen molar-refractivity contribution in [2.75, 3.05) is 13.1 Å². The number of fused-ring (bicyclic) bond motifs is 1. The number of aromatic nitrogens is 2. The van der Waals surface area contributed by atoms with E-state index in [0.29, 0.717) is 24.4 Å². The third kappa shape index (κ3) is 3.09. The monoisotopic (exact) mass is 428 g/mol. The second-order valence-corrected chi connectivity index (χ2v) is 8.08. The summed E-state index contributed by atoms with van der Waals surface area (Å²) < 4.78 is 7.75. The zero-order chi connectivity index (χ0) is 22.4. The van der Waals surface area contributed by atoms with Crippen molar-refractivity contribution in [3.8, 4) is 5.69 Å². The maximum absolute atomic E-state index is 13.6. The molecule has 4 aromatic rings. The first kappa shape index (κ1) is 20.1. The molecule has 1 saturated heterocycles. The van der Waals surface area contributed by atoms with Crippen molar-refractivity contribution in [2.45, 2.75) is 26.8 Å². The van der Waals surface area contributed by atoms with E-state index in [-0.39, 0.29) is 17.6 Å². The van der Waals surface area contributed by atoms with E-state index in [4.69, 9.17) is 4.42 Å². The van der Waals surface area contributed by atoms with E-state index in [1.165, 1.54) is 0 Å². The van der Waals surface area contributed by atoms with Crippen LogP contribution in [0.1, 0.15) is 39.1 Å². The molecule has 1 fully saturated rings. The molecule has 2 aromatic carbocycles. The number of carbonyl (C=O) groups is 2. The number of benzene rings is 2. The van der Waals surface area contributed by atoms with Crippen molar-refractivity contribution in [3.05, 3.63) is 82.9 Å². The van der Waals surface area contributed by atoms with Crippen molar-refractivity contribution < 1.29 is 14.0 Å². The van der Waals surface area contributed by atoms with Crippen LogP contribution in [0.4, 0.5) is 0 Å². The molecule has 2 amide bonds. The van der Waals surface area contributed by atoms with Crippen LogP contribution in [-0.2, 0) is 4.79 Å². The van der Waals surface area contributed by atoms with Crippen molar-refractivity contribution in [1.29, 1.82) is 0 Å². The number of para-hydroxylation sites is 2. The van der Waals surface area contributed by atoms with Crippen LogP contribution in [-0.4, -0.2) is 39.6 Å². The molecule has 7 heteroatoms. The highest BCUT2D eigenvalue weighted by atomic mass is 16.3. The highest BCUT2D eigenvalue weighted by Crippen LogP contribution is 2.33. The summed E-state index contributed by atoms with van der Waals surface area (Å²) in [5.74, 6) is -0.223. The van der Waals surface area contributed by atoms with Crippen molar-refractivity contribution in [1.82, 2.24) is 20.0 Å². The van der Waals surface area contributed by atoms with E-state index < -0.39 is 6.04 Å². The van der Waals surface area contributed by atoms with Crippen molar-refractivity contribution in [2.24, 2.45) is 0 Å². The number of piperazine rings is 1. The van der Waals surface area contributed by atoms with E-state index >= 15 is 0 Å². The molecule has 7 nitrogen and oxygen atoms in total. The zero-order valence-corrected chi connectivity index (χ0v) is 18.3. The minimum Gasteiger partial charge on any atom is -0.451 e. The number of furan rings is 1. The Morgan fingerprint density at radius 2 is 1.78 bits per heavy atom. The fourth-order valence-electron chi connectivity index (χ4n) is 4.55. The first-order valence-corrected chi connectivity index (χ1v) is 10.7. The van der Waals surface area contributed by atoms with Gasteiger partial charge >= 0.3 is 0 Å². The maximum atomic E-state index is 13.6. The number of hydrogen-bond acceptors (Lipinski definition) is 4. The van der Waals surface area contributed by atoms with Gasteiger partial charge in [0.1, 0.15) is 11.6 Å². The summed E-state index contributed by atoms with van der Waals surface area (Å²) in [6.07, 6.45) is 0. The van der Waals surface area contributed by atoms with E-state index in [9.17, 15) is 9.59 Å². The van der Waals surface area contributed by atoms with Gasteiger partial charge in [-0.05, 0) is 39.0 Å². The molecule has 162 valence electrons. The number of rotatable bonds is 3. The Kier molecular flexibility index (Phi) is 4.81. The molecule has 5 rings (SSSR count). The highest BCUT2D eigenvalue weighted by Gasteiger charge is 2.39. The minimum absolute atomic E-state index is 0.211. The summed E-state index contributed by atoms with van der Waals surface area (Å²) in [4.78, 5) is 28.3. The van der Waals surface area contributed by atoms with Gasteiger partial charge in [-0.2, -0.15) is 5.10 Å². The lowest BCUT2D eigenvalue weighted by atomic mass is 9.99. The topological polar surface area (TPSA) is 80.4 Å². The largest absolute Gasteiger partial charge is 0.451 e. The second-order valence-electron chi connectivity index (χ2n) is 8.08. The van der Waals surface area contributed by atoms with Crippen LogP contribution >= 0.6 is 0 Å². The quantitative estimate of drug-likeness (QED) is 0.537. The molecule has 2 aromatic heterocycles. The van der Waals surface area contributed by atoms with Crippen LogP contribution in [0.2, 0.25) is 0 Å². The Morgan fingerprint density at radius 3 is 2.53 bits per heavy atom. The molecule has 0 bridgehead atoms. The summed E-state index contributed by atoms with van der Waals surface area (Å²) >= 11 is 0. The van der Waals surface area contributed by atoms with Gasteiger partial charge in [-0.1, -0.05) is 36.4 Å². The lowest BCUT2D eigenvalue weighted by molar-refractivity contribution is -0.128. The second kappa shape index (κ2) is 7.67. The number of nitrogens with one attached hydrogen (secondary N) is 1. The van der Waals surface area contributed by atoms with Gasteiger partial charge in [0.25, 0.3) is 5.91 Å². The Morgan fingerprint density at radius 1 is 1.06 bits per heavy atom. The molecule has 1 unspecified atom stereocenters. The lowest BCUT2D eigenvalue weighted by Crippen LogP contribution is -2.52. The Balaban J connectivity index is 1.59. The Bertz CT molecular complexity index is 1340. The normalized spacial score (nSPS) is 16.4. The predicted octanol–water partition coefficient (Wildman–Crippen LogP) is 3.86. The number of aryl methyl sites for hydroxylation is 2. The first-order valence-electron chi connectivity index (χ1n) is 10.7. The lowest BCUT2D eigenvalue weighted by Gasteiger charge is -2.35. The van der Waals surface area contributed by atoms with E-state index in [1.54, 1.807) is 4.90 Å². The van der Waals surface area contributed by atoms with Gasteiger partial charge in [0.05, 0.1) is 11.4 Å². The number of carbonyl (C=O) groups excluding carboxylic acids is 2. The van der Waals surface area contributed by atoms with Crippen LogP contribution in [0.25, 0.3) is 16.7 Å². The predicted molar refractivity (Wildman–Crippen MR) is 121 cm³/mol. The first-order chi connectivity index (χ1) is 15.5. The van der Waals surface area contributed by atoms with E-state index in [1.807, 2.05) is 80.1 Å². The average Bonchev–Trinajstić information content (AvgIpc) is 3.30. The number of hydrogen-bond donors (Lipinski definition) is 1. The standard InChI is InChI=1S/C25H24N4O3/c1-15-19-11-7-8-12-20(19)32-23(15)25(31)28-14-13-26-24(30)22(28)21-16(2)27-29(17(21)3)18-9-5-4-6-10-18/h4-12,22H,13-14H2,1-3H3,(H,26,30). The summed E-state index contributed by atoms with van der Waals surface area (Å²) in [6, 6.07) is 16.6. The van der Waals surface area contributed by atoms with Gasteiger partial charge in [-0.25, -0.2) is 4.68 Å². The Hall–Kier alpha value is -3.87. The molecule has 1 N–H and O–H groups in total. The van der Waals surface area contributed by atoms with Crippen LogP contribution < -0.4 is 5.32 Å². The number of nitrogens with zero attached hydrogens (tertiary/aromatic N) is 3. The average molecular weight is 428 g/mol. The van der Waals surface area contributed by atoms with Gasteiger partial charge in [0, 0.05) is 35.3 Å². The SMILES string of the molecule is Cc1nn(-c2ccccc2)c(C)c1C1C(=O)NCCN1C(=O)c1oc2ccccc2c1C. The third-order valence-electron chi connectivity index (χ3n) is 6.13. The fourth-order valence-corrected chi connectivity index (χ4v) is 4.55. The molecule has 0 spiro atoms. The third-order valence-corrected chi connectivity index (χ3v) is 6.13. The molecule has 0 saturated carbocycles. The molecule has 0 aliphatic carbocycles. The molecule has 3 heterocycles. The fraction of sp³-hybridized carbons (Fsp3) is 0.240. The number of amides is 2. The molecular formula is C25H24N4O3. The molecular weight excluding hydrogens is 404 g/mol. The van der Waals surface area contributed by atoms with Gasteiger partial charge < -0.3 is 14.6 Å². The molecule has 32 heavy (non-hydrogen) atoms. The van der Waals surface area contributed by atoms with E-state index in [2.05, 4.69) is 10.4 Å². The summed E-state index contributed by atoms with van der Waals surface area (Å²) in [5.41, 5.74) is 4.64. The summed E-state index contributed by atoms with van der Waals surface area (Å²) in [5, 5.41) is 8.50. The Labute approximate surface area is 185 Å². The van der Waals surface area contributed by atoms with Gasteiger partial charge in [0.15, 0.2) is 5.76 Å². The highest BCUT2D eigenvalue weighted by molar-refractivity contribution is 6.01. The van der Waals surface area contributed by atoms with Crippen LogP contribution in [0.5, 0.6) is 0 Å². The van der Waals surface area contributed by atoms with Crippen molar-refractivity contribution >= 4 is 22.8 Å². The summed E-state index contributed by atoms with van der Waals surface area (Å²) in [7, 11) is 0. The molecule has 1 atom stereocenters. The van der Waals surface area contributed by atoms with E-state index in [0.717, 1.165) is 27.9 Å². The molecule has 0 radical (unpaired) electrons. The van der Waals surface area contributed by atoms with Gasteiger partial charge in [-0.3, -0.25) is 9.59 Å². The smallest absolute Gasteiger partial charge is 0.290 e. The zero-order valence-electron chi connectivity index (χ0n) is 18.3. The summed E-state index contributed by atoms with van der Waals surface area (Å²) in [6.45, 7) is 6.46. The maximum Gasteiger partial charge on any atom is 0.290 e. The molecule has 1 aliphatic heterocycles. The van der Waals surface area contributed by atoms with Gasteiger partial charge in [-0.15, -0.1) is 0 Å². The van der Waals surface area contributed by atoms with Crippen LogP contribution in [0.3, 0.4) is 0 Å². The van der Waals surface area contributed by atoms with Crippen LogP contribution in [0.15, 0.2) is 59.0 Å². The van der Waals surface area contributed by atoms with Crippen molar-refractivity contribution in [3.63, 3.8) is 0 Å².